The molecule has 0 fully saturated rings. The maximum absolute atomic E-state index is 12.8. The minimum atomic E-state index is -0.232. The van der Waals surface area contributed by atoms with Crippen LogP contribution in [-0.2, 0) is 6.54 Å². The first-order chi connectivity index (χ1) is 13.5. The molecule has 1 amide bonds. The topological polar surface area (TPSA) is 58.1 Å². The Hall–Kier alpha value is -3.21. The number of carbonyl (C=O) groups is 1. The Morgan fingerprint density at radius 2 is 1.68 bits per heavy atom. The average Bonchev–Trinajstić information content (AvgIpc) is 2.69. The van der Waals surface area contributed by atoms with Crippen LogP contribution in [0.3, 0.4) is 0 Å². The van der Waals surface area contributed by atoms with Crippen molar-refractivity contribution >= 4 is 17.5 Å². The summed E-state index contributed by atoms with van der Waals surface area (Å²) in [5.41, 5.74) is 4.40. The van der Waals surface area contributed by atoms with E-state index in [1.165, 1.54) is 5.56 Å². The molecule has 3 rings (SSSR count). The second-order valence-corrected chi connectivity index (χ2v) is 7.17. The van der Waals surface area contributed by atoms with Crippen LogP contribution in [0.15, 0.2) is 60.8 Å². The Morgan fingerprint density at radius 3 is 2.32 bits per heavy atom. The number of aryl methyl sites for hydroxylation is 2. The van der Waals surface area contributed by atoms with E-state index in [0.717, 1.165) is 16.8 Å². The smallest absolute Gasteiger partial charge is 0.274 e. The molecule has 1 heterocycles. The van der Waals surface area contributed by atoms with Crippen molar-refractivity contribution in [2.45, 2.75) is 40.3 Å². The Labute approximate surface area is 166 Å². The molecular formula is C23H26N4O. The van der Waals surface area contributed by atoms with Gasteiger partial charge in [0.25, 0.3) is 5.91 Å². The third-order valence-electron chi connectivity index (χ3n) is 4.67. The molecule has 0 spiro atoms. The highest BCUT2D eigenvalue weighted by atomic mass is 16.1. The van der Waals surface area contributed by atoms with Crippen molar-refractivity contribution in [2.24, 2.45) is 0 Å². The molecular weight excluding hydrogens is 348 g/mol. The van der Waals surface area contributed by atoms with E-state index in [-0.39, 0.29) is 11.9 Å². The minimum absolute atomic E-state index is 0.192. The van der Waals surface area contributed by atoms with Gasteiger partial charge in [-0.3, -0.25) is 4.79 Å². The molecule has 0 atom stereocenters. The first-order valence-electron chi connectivity index (χ1n) is 9.47. The van der Waals surface area contributed by atoms with Crippen molar-refractivity contribution in [3.05, 3.63) is 83.2 Å². The fourth-order valence-electron chi connectivity index (χ4n) is 3.07. The first-order valence-corrected chi connectivity index (χ1v) is 9.47. The molecule has 1 aromatic heterocycles. The number of hydrogen-bond acceptors (Lipinski definition) is 4. The van der Waals surface area contributed by atoms with Gasteiger partial charge < -0.3 is 10.2 Å². The summed E-state index contributed by atoms with van der Waals surface area (Å²) in [6.45, 7) is 8.83. The van der Waals surface area contributed by atoms with Gasteiger partial charge in [-0.1, -0.05) is 48.5 Å². The zero-order chi connectivity index (χ0) is 20.1. The molecule has 0 unspecified atom stereocenters. The van der Waals surface area contributed by atoms with Gasteiger partial charge in [0.1, 0.15) is 5.69 Å². The monoisotopic (exact) mass is 374 g/mol. The number of carbonyl (C=O) groups excluding carboxylic acids is 1. The zero-order valence-electron chi connectivity index (χ0n) is 16.8. The highest BCUT2D eigenvalue weighted by molar-refractivity contribution is 6.03. The Balaban J connectivity index is 1.84. The van der Waals surface area contributed by atoms with Gasteiger partial charge in [-0.05, 0) is 50.5 Å². The van der Waals surface area contributed by atoms with Crippen LogP contribution in [-0.4, -0.2) is 21.9 Å². The van der Waals surface area contributed by atoms with Crippen molar-refractivity contribution in [2.75, 3.05) is 10.2 Å². The summed E-state index contributed by atoms with van der Waals surface area (Å²) in [4.78, 5) is 23.9. The molecule has 28 heavy (non-hydrogen) atoms. The van der Waals surface area contributed by atoms with Gasteiger partial charge in [-0.25, -0.2) is 9.97 Å². The lowest BCUT2D eigenvalue weighted by Crippen LogP contribution is -2.32. The van der Waals surface area contributed by atoms with Crippen LogP contribution in [0.1, 0.15) is 41.0 Å². The van der Waals surface area contributed by atoms with E-state index in [9.17, 15) is 4.79 Å². The molecule has 0 aliphatic carbocycles. The molecule has 1 N–H and O–H groups in total. The lowest BCUT2D eigenvalue weighted by molar-refractivity contribution is 0.102. The molecule has 0 aliphatic heterocycles. The van der Waals surface area contributed by atoms with Crippen LogP contribution in [0.25, 0.3) is 0 Å². The number of anilines is 2. The quantitative estimate of drug-likeness (QED) is 0.676. The summed E-state index contributed by atoms with van der Waals surface area (Å²) in [6, 6.07) is 18.0. The van der Waals surface area contributed by atoms with Crippen molar-refractivity contribution in [1.29, 1.82) is 0 Å². The number of nitrogens with one attached hydrogen (secondary N) is 1. The normalized spacial score (nSPS) is 10.8. The van der Waals surface area contributed by atoms with E-state index in [1.807, 2.05) is 50.2 Å². The largest absolute Gasteiger partial charge is 0.334 e. The third-order valence-corrected chi connectivity index (χ3v) is 4.67. The number of benzene rings is 2. The molecule has 0 bridgehead atoms. The predicted octanol–water partition coefficient (Wildman–Crippen LogP) is 4.76. The SMILES string of the molecule is Cc1cccc(C)c1NC(=O)c1ccnc(N(Cc2ccccc2)C(C)C)n1. The molecule has 0 saturated carbocycles. The molecule has 3 aromatic rings. The lowest BCUT2D eigenvalue weighted by atomic mass is 10.1. The number of hydrogen-bond donors (Lipinski definition) is 1. The van der Waals surface area contributed by atoms with Crippen molar-refractivity contribution in [3.8, 4) is 0 Å². The van der Waals surface area contributed by atoms with Gasteiger partial charge in [-0.2, -0.15) is 0 Å². The van der Waals surface area contributed by atoms with E-state index in [2.05, 4.69) is 46.2 Å². The number of aromatic nitrogens is 2. The minimum Gasteiger partial charge on any atom is -0.334 e. The van der Waals surface area contributed by atoms with Gasteiger partial charge in [-0.15, -0.1) is 0 Å². The summed E-state index contributed by atoms with van der Waals surface area (Å²) in [5.74, 6) is 0.317. The van der Waals surface area contributed by atoms with E-state index in [1.54, 1.807) is 12.3 Å². The van der Waals surface area contributed by atoms with Crippen molar-refractivity contribution < 1.29 is 4.79 Å². The molecule has 5 nitrogen and oxygen atoms in total. The highest BCUT2D eigenvalue weighted by Gasteiger charge is 2.17. The van der Waals surface area contributed by atoms with Crippen LogP contribution in [0.2, 0.25) is 0 Å². The Morgan fingerprint density at radius 1 is 1.00 bits per heavy atom. The molecule has 144 valence electrons. The summed E-state index contributed by atoms with van der Waals surface area (Å²) in [5, 5.41) is 2.99. The zero-order valence-corrected chi connectivity index (χ0v) is 16.8. The summed E-state index contributed by atoms with van der Waals surface area (Å²) in [6.07, 6.45) is 1.64. The van der Waals surface area contributed by atoms with Gasteiger partial charge in [0, 0.05) is 24.5 Å². The fourth-order valence-corrected chi connectivity index (χ4v) is 3.07. The molecule has 2 aromatic carbocycles. The fraction of sp³-hybridized carbons (Fsp3) is 0.261. The van der Waals surface area contributed by atoms with Crippen LogP contribution < -0.4 is 10.2 Å². The molecule has 5 heteroatoms. The van der Waals surface area contributed by atoms with E-state index in [4.69, 9.17) is 0 Å². The Kier molecular flexibility index (Phi) is 6.04. The molecule has 0 radical (unpaired) electrons. The number of amides is 1. The second-order valence-electron chi connectivity index (χ2n) is 7.17. The van der Waals surface area contributed by atoms with E-state index < -0.39 is 0 Å². The predicted molar refractivity (Wildman–Crippen MR) is 114 cm³/mol. The van der Waals surface area contributed by atoms with Crippen LogP contribution in [0.5, 0.6) is 0 Å². The number of rotatable bonds is 6. The van der Waals surface area contributed by atoms with Crippen molar-refractivity contribution in [3.63, 3.8) is 0 Å². The van der Waals surface area contributed by atoms with Gasteiger partial charge in [0.2, 0.25) is 5.95 Å². The van der Waals surface area contributed by atoms with Crippen LogP contribution >= 0.6 is 0 Å². The van der Waals surface area contributed by atoms with Crippen LogP contribution in [0, 0.1) is 13.8 Å². The standard InChI is InChI=1S/C23H26N4O/c1-16(2)27(15-19-11-6-5-7-12-19)23-24-14-13-20(25-23)22(28)26-21-17(3)9-8-10-18(21)4/h5-14,16H,15H2,1-4H3,(H,26,28). The lowest BCUT2D eigenvalue weighted by Gasteiger charge is -2.27. The maximum Gasteiger partial charge on any atom is 0.274 e. The molecule has 0 aliphatic rings. The summed E-state index contributed by atoms with van der Waals surface area (Å²) < 4.78 is 0. The van der Waals surface area contributed by atoms with Gasteiger partial charge in [0.05, 0.1) is 0 Å². The maximum atomic E-state index is 12.8. The van der Waals surface area contributed by atoms with E-state index >= 15 is 0 Å². The summed E-state index contributed by atoms with van der Waals surface area (Å²) >= 11 is 0. The van der Waals surface area contributed by atoms with Crippen molar-refractivity contribution in [1.82, 2.24) is 9.97 Å². The second kappa shape index (κ2) is 8.65. The first kappa shape index (κ1) is 19.5. The van der Waals surface area contributed by atoms with Gasteiger partial charge in [0.15, 0.2) is 0 Å². The average molecular weight is 374 g/mol. The summed E-state index contributed by atoms with van der Waals surface area (Å²) in [7, 11) is 0. The van der Waals surface area contributed by atoms with Crippen LogP contribution in [0.4, 0.5) is 11.6 Å². The number of para-hydroxylation sites is 1. The highest BCUT2D eigenvalue weighted by Crippen LogP contribution is 2.21. The number of nitrogens with zero attached hydrogens (tertiary/aromatic N) is 3. The van der Waals surface area contributed by atoms with E-state index in [0.29, 0.717) is 18.2 Å². The third kappa shape index (κ3) is 4.55. The molecule has 0 saturated heterocycles. The Bertz CT molecular complexity index is 934. The van der Waals surface area contributed by atoms with Gasteiger partial charge >= 0.3 is 0 Å².